The lowest BCUT2D eigenvalue weighted by Gasteiger charge is -2.30. The van der Waals surface area contributed by atoms with E-state index in [1.165, 1.54) is 40.2 Å². The molecule has 0 aliphatic carbocycles. The van der Waals surface area contributed by atoms with Crippen LogP contribution < -0.4 is 5.32 Å². The summed E-state index contributed by atoms with van der Waals surface area (Å²) < 4.78 is 1.25. The standard InChI is InChI=1S/C12H19BrN2S/c1-9-12(13)6-11(16-9)7-14-10-4-3-5-15(2)8-10/h6,10,14H,3-5,7-8H2,1-2H3. The first-order valence-electron chi connectivity index (χ1n) is 5.82. The Bertz CT molecular complexity index is 331. The summed E-state index contributed by atoms with van der Waals surface area (Å²) in [5.41, 5.74) is 0. The van der Waals surface area contributed by atoms with Crippen LogP contribution in [0, 0.1) is 6.92 Å². The second-order valence-electron chi connectivity index (χ2n) is 4.60. The van der Waals surface area contributed by atoms with Crippen LogP contribution in [0.25, 0.3) is 0 Å². The van der Waals surface area contributed by atoms with E-state index in [1.807, 2.05) is 11.3 Å². The first-order chi connectivity index (χ1) is 7.65. The minimum atomic E-state index is 0.667. The number of likely N-dealkylation sites (tertiary alicyclic amines) is 1. The van der Waals surface area contributed by atoms with Crippen molar-refractivity contribution < 1.29 is 0 Å². The fourth-order valence-corrected chi connectivity index (χ4v) is 3.74. The molecule has 1 fully saturated rings. The van der Waals surface area contributed by atoms with Gasteiger partial charge in [0.05, 0.1) is 0 Å². The van der Waals surface area contributed by atoms with Crippen LogP contribution >= 0.6 is 27.3 Å². The average Bonchev–Trinajstić information content (AvgIpc) is 2.56. The zero-order chi connectivity index (χ0) is 11.5. The van der Waals surface area contributed by atoms with E-state index in [0.29, 0.717) is 6.04 Å². The Morgan fingerprint density at radius 3 is 3.06 bits per heavy atom. The molecule has 2 rings (SSSR count). The number of hydrogen-bond acceptors (Lipinski definition) is 3. The Morgan fingerprint density at radius 1 is 1.62 bits per heavy atom. The Balaban J connectivity index is 1.82. The number of aryl methyl sites for hydroxylation is 1. The van der Waals surface area contributed by atoms with Crippen molar-refractivity contribution in [2.75, 3.05) is 20.1 Å². The number of piperidine rings is 1. The van der Waals surface area contributed by atoms with Crippen molar-refractivity contribution in [1.29, 1.82) is 0 Å². The summed E-state index contributed by atoms with van der Waals surface area (Å²) in [5.74, 6) is 0. The van der Waals surface area contributed by atoms with Gasteiger partial charge in [0.1, 0.15) is 0 Å². The van der Waals surface area contributed by atoms with Gasteiger partial charge in [-0.05, 0) is 55.4 Å². The number of halogens is 1. The van der Waals surface area contributed by atoms with E-state index in [0.717, 1.165) is 6.54 Å². The summed E-state index contributed by atoms with van der Waals surface area (Å²) in [6.45, 7) is 5.61. The van der Waals surface area contributed by atoms with Gasteiger partial charge in [-0.15, -0.1) is 11.3 Å². The number of nitrogens with one attached hydrogen (secondary N) is 1. The molecule has 2 heterocycles. The van der Waals surface area contributed by atoms with Crippen LogP contribution in [0.1, 0.15) is 22.6 Å². The number of rotatable bonds is 3. The van der Waals surface area contributed by atoms with Crippen molar-refractivity contribution in [3.63, 3.8) is 0 Å². The van der Waals surface area contributed by atoms with Crippen LogP contribution in [0.3, 0.4) is 0 Å². The lowest BCUT2D eigenvalue weighted by Crippen LogP contribution is -2.43. The molecular formula is C12H19BrN2S. The molecule has 16 heavy (non-hydrogen) atoms. The van der Waals surface area contributed by atoms with Crippen molar-refractivity contribution in [3.8, 4) is 0 Å². The largest absolute Gasteiger partial charge is 0.308 e. The summed E-state index contributed by atoms with van der Waals surface area (Å²) >= 11 is 5.45. The van der Waals surface area contributed by atoms with Crippen molar-refractivity contribution in [1.82, 2.24) is 10.2 Å². The lowest BCUT2D eigenvalue weighted by molar-refractivity contribution is 0.227. The zero-order valence-corrected chi connectivity index (χ0v) is 12.3. The van der Waals surface area contributed by atoms with E-state index in [9.17, 15) is 0 Å². The molecule has 1 saturated heterocycles. The van der Waals surface area contributed by atoms with Gasteiger partial charge in [0, 0.05) is 33.4 Å². The highest BCUT2D eigenvalue weighted by atomic mass is 79.9. The zero-order valence-electron chi connectivity index (χ0n) is 9.92. The minimum Gasteiger partial charge on any atom is -0.308 e. The molecular weight excluding hydrogens is 284 g/mol. The monoisotopic (exact) mass is 302 g/mol. The van der Waals surface area contributed by atoms with Gasteiger partial charge in [0.2, 0.25) is 0 Å². The molecule has 1 aliphatic rings. The molecule has 0 radical (unpaired) electrons. The van der Waals surface area contributed by atoms with Crippen LogP contribution in [0.2, 0.25) is 0 Å². The maximum absolute atomic E-state index is 3.66. The maximum atomic E-state index is 3.66. The predicted octanol–water partition coefficient (Wildman–Crippen LogP) is 3.00. The first kappa shape index (κ1) is 12.6. The average molecular weight is 303 g/mol. The van der Waals surface area contributed by atoms with Gasteiger partial charge in [-0.25, -0.2) is 0 Å². The molecule has 0 bridgehead atoms. The normalized spacial score (nSPS) is 22.6. The molecule has 1 aromatic heterocycles. The molecule has 1 atom stereocenters. The highest BCUT2D eigenvalue weighted by Crippen LogP contribution is 2.26. The third-order valence-corrected chi connectivity index (χ3v) is 5.23. The SMILES string of the molecule is Cc1sc(CNC2CCCN(C)C2)cc1Br. The molecule has 0 saturated carbocycles. The van der Waals surface area contributed by atoms with Crippen molar-refractivity contribution in [3.05, 3.63) is 20.3 Å². The summed E-state index contributed by atoms with van der Waals surface area (Å²) in [5, 5.41) is 3.66. The quantitative estimate of drug-likeness (QED) is 0.923. The first-order valence-corrected chi connectivity index (χ1v) is 7.43. The topological polar surface area (TPSA) is 15.3 Å². The number of likely N-dealkylation sites (N-methyl/N-ethyl adjacent to an activating group) is 1. The number of thiophene rings is 1. The van der Waals surface area contributed by atoms with Crippen molar-refractivity contribution in [2.45, 2.75) is 32.4 Å². The molecule has 1 unspecified atom stereocenters. The minimum absolute atomic E-state index is 0.667. The summed E-state index contributed by atoms with van der Waals surface area (Å²) in [7, 11) is 2.21. The summed E-state index contributed by atoms with van der Waals surface area (Å²) in [4.78, 5) is 5.21. The number of nitrogens with zero attached hydrogens (tertiary/aromatic N) is 1. The second-order valence-corrected chi connectivity index (χ2v) is 6.79. The van der Waals surface area contributed by atoms with Gasteiger partial charge in [-0.3, -0.25) is 0 Å². The molecule has 1 aliphatic heterocycles. The van der Waals surface area contributed by atoms with E-state index in [2.05, 4.69) is 46.2 Å². The van der Waals surface area contributed by atoms with Gasteiger partial charge in [0.25, 0.3) is 0 Å². The van der Waals surface area contributed by atoms with E-state index < -0.39 is 0 Å². The molecule has 0 aromatic carbocycles. The summed E-state index contributed by atoms with van der Waals surface area (Å²) in [6, 6.07) is 2.90. The smallest absolute Gasteiger partial charge is 0.0314 e. The van der Waals surface area contributed by atoms with Crippen LogP contribution in [-0.4, -0.2) is 31.1 Å². The van der Waals surface area contributed by atoms with Crippen molar-refractivity contribution >= 4 is 27.3 Å². The van der Waals surface area contributed by atoms with Gasteiger partial charge < -0.3 is 10.2 Å². The predicted molar refractivity (Wildman–Crippen MR) is 74.1 cm³/mol. The molecule has 1 N–H and O–H groups in total. The Hall–Kier alpha value is 0.100. The Kier molecular flexibility index (Phi) is 4.41. The fourth-order valence-electron chi connectivity index (χ4n) is 2.18. The fraction of sp³-hybridized carbons (Fsp3) is 0.667. The third-order valence-electron chi connectivity index (χ3n) is 3.10. The van der Waals surface area contributed by atoms with E-state index in [1.54, 1.807) is 0 Å². The van der Waals surface area contributed by atoms with Crippen LogP contribution in [0.5, 0.6) is 0 Å². The summed E-state index contributed by atoms with van der Waals surface area (Å²) in [6.07, 6.45) is 2.64. The molecule has 4 heteroatoms. The van der Waals surface area contributed by atoms with Crippen LogP contribution in [0.15, 0.2) is 10.5 Å². The van der Waals surface area contributed by atoms with Gasteiger partial charge in [0.15, 0.2) is 0 Å². The van der Waals surface area contributed by atoms with Gasteiger partial charge >= 0.3 is 0 Å². The van der Waals surface area contributed by atoms with Crippen LogP contribution in [0.4, 0.5) is 0 Å². The molecule has 0 spiro atoms. The van der Waals surface area contributed by atoms with E-state index in [4.69, 9.17) is 0 Å². The molecule has 1 aromatic rings. The van der Waals surface area contributed by atoms with E-state index in [-0.39, 0.29) is 0 Å². The van der Waals surface area contributed by atoms with Crippen molar-refractivity contribution in [2.24, 2.45) is 0 Å². The Morgan fingerprint density at radius 2 is 2.44 bits per heavy atom. The molecule has 0 amide bonds. The van der Waals surface area contributed by atoms with Gasteiger partial charge in [-0.1, -0.05) is 0 Å². The molecule has 2 nitrogen and oxygen atoms in total. The van der Waals surface area contributed by atoms with Crippen LogP contribution in [-0.2, 0) is 6.54 Å². The highest BCUT2D eigenvalue weighted by Gasteiger charge is 2.16. The van der Waals surface area contributed by atoms with E-state index >= 15 is 0 Å². The highest BCUT2D eigenvalue weighted by molar-refractivity contribution is 9.10. The second kappa shape index (κ2) is 5.63. The maximum Gasteiger partial charge on any atom is 0.0314 e. The number of hydrogen-bond donors (Lipinski definition) is 1. The lowest BCUT2D eigenvalue weighted by atomic mass is 10.1. The molecule has 90 valence electrons. The van der Waals surface area contributed by atoms with Gasteiger partial charge in [-0.2, -0.15) is 0 Å². The third kappa shape index (κ3) is 3.29. The Labute approximate surface area is 110 Å².